The molecule has 0 aliphatic carbocycles. The first-order valence-corrected chi connectivity index (χ1v) is 3.63. The number of terminal acetylenes is 1. The van der Waals surface area contributed by atoms with Crippen LogP contribution < -0.4 is 0 Å². The fourth-order valence-electron chi connectivity index (χ4n) is 0.958. The molecule has 0 amide bonds. The zero-order chi connectivity index (χ0) is 10.1. The van der Waals surface area contributed by atoms with Gasteiger partial charge in [-0.05, 0) is 13.0 Å². The number of hydrogen-bond donors (Lipinski definition) is 1. The third-order valence-electron chi connectivity index (χ3n) is 1.76. The molecular weight excluding hydrogens is 174 g/mol. The van der Waals surface area contributed by atoms with Gasteiger partial charge < -0.3 is 5.11 Å². The van der Waals surface area contributed by atoms with E-state index >= 15 is 0 Å². The molecule has 0 aliphatic rings. The summed E-state index contributed by atoms with van der Waals surface area (Å²) in [6.07, 6.45) is 4.97. The molecule has 1 nitrogen and oxygen atoms in total. The van der Waals surface area contributed by atoms with Gasteiger partial charge in [0.15, 0.2) is 17.2 Å². The second kappa shape index (κ2) is 3.15. The zero-order valence-corrected chi connectivity index (χ0v) is 7.01. The Balaban J connectivity index is 3.33. The molecule has 0 aromatic heterocycles. The highest BCUT2D eigenvalue weighted by Crippen LogP contribution is 2.23. The van der Waals surface area contributed by atoms with Crippen LogP contribution >= 0.6 is 0 Å². The normalized spacial score (nSPS) is 14.7. The van der Waals surface area contributed by atoms with E-state index in [1.807, 2.05) is 5.92 Å². The molecule has 3 heteroatoms. The molecule has 1 rings (SSSR count). The van der Waals surface area contributed by atoms with Crippen LogP contribution in [-0.4, -0.2) is 5.11 Å². The quantitative estimate of drug-likeness (QED) is 0.656. The van der Waals surface area contributed by atoms with Crippen LogP contribution in [0.4, 0.5) is 8.78 Å². The molecule has 0 saturated heterocycles. The second-order valence-corrected chi connectivity index (χ2v) is 2.82. The van der Waals surface area contributed by atoms with Gasteiger partial charge in [0.25, 0.3) is 0 Å². The molecule has 0 saturated carbocycles. The highest BCUT2D eigenvalue weighted by Gasteiger charge is 2.25. The molecule has 1 aromatic rings. The van der Waals surface area contributed by atoms with Gasteiger partial charge in [0.05, 0.1) is 0 Å². The maximum absolute atomic E-state index is 13.1. The Bertz CT molecular complexity index is 364. The standard InChI is InChI=1S/C10H8F2O/c1-3-10(2,13)7-5-4-6-8(11)9(7)12/h1,4-6,13H,2H3. The molecule has 68 valence electrons. The van der Waals surface area contributed by atoms with Crippen molar-refractivity contribution in [2.24, 2.45) is 0 Å². The Morgan fingerprint density at radius 1 is 1.46 bits per heavy atom. The summed E-state index contributed by atoms with van der Waals surface area (Å²) in [7, 11) is 0. The van der Waals surface area contributed by atoms with E-state index in [0.717, 1.165) is 6.07 Å². The van der Waals surface area contributed by atoms with Gasteiger partial charge in [-0.15, -0.1) is 6.42 Å². The van der Waals surface area contributed by atoms with Gasteiger partial charge >= 0.3 is 0 Å². The SMILES string of the molecule is C#CC(C)(O)c1cccc(F)c1F. The van der Waals surface area contributed by atoms with E-state index in [4.69, 9.17) is 6.42 Å². The van der Waals surface area contributed by atoms with Gasteiger partial charge in [0.1, 0.15) is 0 Å². The van der Waals surface area contributed by atoms with Crippen LogP contribution in [0, 0.1) is 24.0 Å². The van der Waals surface area contributed by atoms with Crippen molar-refractivity contribution < 1.29 is 13.9 Å². The first-order valence-electron chi connectivity index (χ1n) is 3.63. The molecule has 1 aromatic carbocycles. The van der Waals surface area contributed by atoms with Crippen LogP contribution in [0.15, 0.2) is 18.2 Å². The molecule has 0 bridgehead atoms. The van der Waals surface area contributed by atoms with Crippen LogP contribution in [0.5, 0.6) is 0 Å². The van der Waals surface area contributed by atoms with Crippen molar-refractivity contribution in [1.29, 1.82) is 0 Å². The van der Waals surface area contributed by atoms with E-state index in [1.54, 1.807) is 0 Å². The molecule has 13 heavy (non-hydrogen) atoms. The fourth-order valence-corrected chi connectivity index (χ4v) is 0.958. The van der Waals surface area contributed by atoms with Crippen LogP contribution in [0.25, 0.3) is 0 Å². The largest absolute Gasteiger partial charge is 0.374 e. The maximum Gasteiger partial charge on any atom is 0.165 e. The molecule has 0 heterocycles. The summed E-state index contributed by atoms with van der Waals surface area (Å²) >= 11 is 0. The lowest BCUT2D eigenvalue weighted by atomic mass is 9.96. The van der Waals surface area contributed by atoms with Crippen molar-refractivity contribution in [3.63, 3.8) is 0 Å². The Hall–Kier alpha value is -1.40. The highest BCUT2D eigenvalue weighted by atomic mass is 19.2. The average molecular weight is 182 g/mol. The van der Waals surface area contributed by atoms with E-state index in [-0.39, 0.29) is 5.56 Å². The third kappa shape index (κ3) is 1.68. The van der Waals surface area contributed by atoms with Gasteiger partial charge in [-0.1, -0.05) is 18.1 Å². The van der Waals surface area contributed by atoms with E-state index in [2.05, 4.69) is 0 Å². The molecule has 1 N–H and O–H groups in total. The van der Waals surface area contributed by atoms with Crippen LogP contribution in [0.1, 0.15) is 12.5 Å². The molecule has 1 atom stereocenters. The van der Waals surface area contributed by atoms with Crippen LogP contribution in [0.2, 0.25) is 0 Å². The molecule has 0 aliphatic heterocycles. The predicted molar refractivity (Wildman–Crippen MR) is 44.8 cm³/mol. The summed E-state index contributed by atoms with van der Waals surface area (Å²) in [6.45, 7) is 1.23. The van der Waals surface area contributed by atoms with Crippen LogP contribution in [-0.2, 0) is 5.60 Å². The van der Waals surface area contributed by atoms with Crippen LogP contribution in [0.3, 0.4) is 0 Å². The van der Waals surface area contributed by atoms with Crippen molar-refractivity contribution in [3.8, 4) is 12.3 Å². The summed E-state index contributed by atoms with van der Waals surface area (Å²) in [6, 6.07) is 3.50. The second-order valence-electron chi connectivity index (χ2n) is 2.82. The Kier molecular flexibility index (Phi) is 2.35. The van der Waals surface area contributed by atoms with Gasteiger partial charge in [-0.25, -0.2) is 8.78 Å². The first kappa shape index (κ1) is 9.69. The summed E-state index contributed by atoms with van der Waals surface area (Å²) in [5.41, 5.74) is -2.00. The maximum atomic E-state index is 13.1. The average Bonchev–Trinajstić information content (AvgIpc) is 2.09. The fraction of sp³-hybridized carbons (Fsp3) is 0.200. The van der Waals surface area contributed by atoms with E-state index < -0.39 is 17.2 Å². The summed E-state index contributed by atoms with van der Waals surface area (Å²) in [4.78, 5) is 0. The first-order chi connectivity index (χ1) is 5.99. The van der Waals surface area contributed by atoms with Crippen molar-refractivity contribution >= 4 is 0 Å². The number of hydrogen-bond acceptors (Lipinski definition) is 1. The van der Waals surface area contributed by atoms with Crippen molar-refractivity contribution in [2.45, 2.75) is 12.5 Å². The van der Waals surface area contributed by atoms with Crippen molar-refractivity contribution in [3.05, 3.63) is 35.4 Å². The minimum atomic E-state index is -1.77. The molecular formula is C10H8F2O. The highest BCUT2D eigenvalue weighted by molar-refractivity contribution is 5.31. The lowest BCUT2D eigenvalue weighted by Crippen LogP contribution is -2.20. The zero-order valence-electron chi connectivity index (χ0n) is 7.01. The predicted octanol–water partition coefficient (Wildman–Crippen LogP) is 1.81. The van der Waals surface area contributed by atoms with Gasteiger partial charge in [0.2, 0.25) is 0 Å². The summed E-state index contributed by atoms with van der Waals surface area (Å²) in [5, 5.41) is 9.46. The smallest absolute Gasteiger partial charge is 0.165 e. The van der Waals surface area contributed by atoms with E-state index in [1.165, 1.54) is 19.1 Å². The number of aliphatic hydroxyl groups is 1. The number of halogens is 2. The summed E-state index contributed by atoms with van der Waals surface area (Å²) < 4.78 is 25.7. The molecule has 0 fully saturated rings. The lowest BCUT2D eigenvalue weighted by molar-refractivity contribution is 0.117. The monoisotopic (exact) mass is 182 g/mol. The number of rotatable bonds is 1. The topological polar surface area (TPSA) is 20.2 Å². The Morgan fingerprint density at radius 3 is 2.62 bits per heavy atom. The van der Waals surface area contributed by atoms with Gasteiger partial charge in [-0.2, -0.15) is 0 Å². The minimum absolute atomic E-state index is 0.227. The van der Waals surface area contributed by atoms with Crippen molar-refractivity contribution in [1.82, 2.24) is 0 Å². The molecule has 0 radical (unpaired) electrons. The molecule has 0 spiro atoms. The lowest BCUT2D eigenvalue weighted by Gasteiger charge is -2.17. The van der Waals surface area contributed by atoms with E-state index in [9.17, 15) is 13.9 Å². The van der Waals surface area contributed by atoms with E-state index in [0.29, 0.717) is 0 Å². The minimum Gasteiger partial charge on any atom is -0.374 e. The third-order valence-corrected chi connectivity index (χ3v) is 1.76. The number of benzene rings is 1. The summed E-state index contributed by atoms with van der Waals surface area (Å²) in [5.74, 6) is -0.152. The Labute approximate surface area is 75.0 Å². The van der Waals surface area contributed by atoms with Gasteiger partial charge in [-0.3, -0.25) is 0 Å². The van der Waals surface area contributed by atoms with Gasteiger partial charge in [0, 0.05) is 5.56 Å². The molecule has 1 unspecified atom stereocenters. The Morgan fingerprint density at radius 2 is 2.08 bits per heavy atom. The van der Waals surface area contributed by atoms with Crippen molar-refractivity contribution in [2.75, 3.05) is 0 Å².